The summed E-state index contributed by atoms with van der Waals surface area (Å²) in [6.45, 7) is 7.68. The smallest absolute Gasteiger partial charge is 0.319 e. The monoisotopic (exact) mass is 262 g/mol. The molecule has 4 heteroatoms. The molecule has 0 aliphatic rings. The van der Waals surface area contributed by atoms with Crippen molar-refractivity contribution in [1.82, 2.24) is 5.32 Å². The summed E-state index contributed by atoms with van der Waals surface area (Å²) in [5.41, 5.74) is 1.22. The Balaban J connectivity index is 2.62. The van der Waals surface area contributed by atoms with Gasteiger partial charge < -0.3 is 10.6 Å². The maximum atomic E-state index is 11.8. The Hall–Kier alpha value is -1.84. The molecule has 0 aromatic heterocycles. The topological polar surface area (TPSA) is 58.2 Å². The van der Waals surface area contributed by atoms with Crippen LogP contribution in [-0.4, -0.2) is 17.9 Å². The van der Waals surface area contributed by atoms with E-state index in [1.165, 1.54) is 6.92 Å². The summed E-state index contributed by atoms with van der Waals surface area (Å²) < 4.78 is 0. The molecule has 0 spiro atoms. The first-order valence-corrected chi connectivity index (χ1v) is 6.62. The van der Waals surface area contributed by atoms with Crippen molar-refractivity contribution in [2.45, 2.75) is 40.2 Å². The molecular formula is C15H22N2O2. The van der Waals surface area contributed by atoms with Crippen LogP contribution >= 0.6 is 0 Å². The average molecular weight is 262 g/mol. The van der Waals surface area contributed by atoms with Gasteiger partial charge in [0.2, 0.25) is 0 Å². The van der Waals surface area contributed by atoms with E-state index in [0.29, 0.717) is 17.2 Å². The van der Waals surface area contributed by atoms with Gasteiger partial charge in [0.25, 0.3) is 0 Å². The number of rotatable bonds is 5. The molecule has 1 aromatic carbocycles. The lowest BCUT2D eigenvalue weighted by Crippen LogP contribution is -2.39. The van der Waals surface area contributed by atoms with Gasteiger partial charge in [0.15, 0.2) is 5.78 Å². The molecule has 0 heterocycles. The molecule has 0 aliphatic carbocycles. The number of benzene rings is 1. The predicted molar refractivity (Wildman–Crippen MR) is 77.5 cm³/mol. The van der Waals surface area contributed by atoms with Crippen LogP contribution in [0.15, 0.2) is 24.3 Å². The highest BCUT2D eigenvalue weighted by molar-refractivity contribution is 5.96. The number of urea groups is 1. The van der Waals surface area contributed by atoms with Crippen LogP contribution in [0.5, 0.6) is 0 Å². The number of hydrogen-bond donors (Lipinski definition) is 2. The molecule has 4 nitrogen and oxygen atoms in total. The number of hydrogen-bond acceptors (Lipinski definition) is 2. The molecule has 1 aromatic rings. The van der Waals surface area contributed by atoms with Crippen molar-refractivity contribution < 1.29 is 9.59 Å². The molecule has 0 fully saturated rings. The second kappa shape index (κ2) is 6.92. The van der Waals surface area contributed by atoms with Crippen LogP contribution in [0.2, 0.25) is 0 Å². The number of carbonyl (C=O) groups is 2. The van der Waals surface area contributed by atoms with Crippen molar-refractivity contribution in [1.29, 1.82) is 0 Å². The quantitative estimate of drug-likeness (QED) is 0.798. The lowest BCUT2D eigenvalue weighted by Gasteiger charge is -2.20. The Morgan fingerprint density at radius 3 is 2.53 bits per heavy atom. The van der Waals surface area contributed by atoms with Crippen LogP contribution in [-0.2, 0) is 0 Å². The summed E-state index contributed by atoms with van der Waals surface area (Å²) in [4.78, 5) is 23.1. The number of Topliss-reactive ketones (excluding diaryl/α,β-unsaturated/α-hetero) is 1. The van der Waals surface area contributed by atoms with Crippen LogP contribution < -0.4 is 10.6 Å². The highest BCUT2D eigenvalue weighted by Crippen LogP contribution is 2.12. The third-order valence-electron chi connectivity index (χ3n) is 3.38. The summed E-state index contributed by atoms with van der Waals surface area (Å²) in [5.74, 6) is 0.409. The zero-order valence-electron chi connectivity index (χ0n) is 12.0. The molecule has 2 atom stereocenters. The van der Waals surface area contributed by atoms with Gasteiger partial charge in [0.05, 0.1) is 0 Å². The van der Waals surface area contributed by atoms with E-state index in [0.717, 1.165) is 6.42 Å². The molecule has 0 radical (unpaired) electrons. The van der Waals surface area contributed by atoms with Crippen LogP contribution in [0.4, 0.5) is 10.5 Å². The maximum absolute atomic E-state index is 11.8. The van der Waals surface area contributed by atoms with Gasteiger partial charge in [-0.2, -0.15) is 0 Å². The van der Waals surface area contributed by atoms with E-state index in [-0.39, 0.29) is 17.9 Å². The van der Waals surface area contributed by atoms with Crippen molar-refractivity contribution in [3.8, 4) is 0 Å². The minimum atomic E-state index is -0.242. The van der Waals surface area contributed by atoms with Crippen LogP contribution in [0.3, 0.4) is 0 Å². The first kappa shape index (κ1) is 15.2. The van der Waals surface area contributed by atoms with Gasteiger partial charge in [0, 0.05) is 17.3 Å². The Morgan fingerprint density at radius 2 is 1.95 bits per heavy atom. The maximum Gasteiger partial charge on any atom is 0.319 e. The number of ketones is 1. The van der Waals surface area contributed by atoms with E-state index in [9.17, 15) is 9.59 Å². The summed E-state index contributed by atoms with van der Waals surface area (Å²) in [5, 5.41) is 5.64. The highest BCUT2D eigenvalue weighted by atomic mass is 16.2. The van der Waals surface area contributed by atoms with Crippen molar-refractivity contribution in [3.63, 3.8) is 0 Å². The van der Waals surface area contributed by atoms with Gasteiger partial charge in [-0.05, 0) is 31.9 Å². The first-order chi connectivity index (χ1) is 8.93. The Bertz CT molecular complexity index is 457. The third kappa shape index (κ3) is 4.73. The van der Waals surface area contributed by atoms with E-state index in [1.54, 1.807) is 24.3 Å². The molecule has 0 saturated heterocycles. The van der Waals surface area contributed by atoms with Gasteiger partial charge in [-0.3, -0.25) is 4.79 Å². The summed E-state index contributed by atoms with van der Waals surface area (Å²) in [6, 6.07) is 6.79. The Labute approximate surface area is 114 Å². The van der Waals surface area contributed by atoms with Crippen LogP contribution in [0.25, 0.3) is 0 Å². The van der Waals surface area contributed by atoms with Crippen molar-refractivity contribution in [2.24, 2.45) is 5.92 Å². The molecule has 104 valence electrons. The average Bonchev–Trinajstić information content (AvgIpc) is 2.37. The lowest BCUT2D eigenvalue weighted by molar-refractivity contribution is 0.101. The highest BCUT2D eigenvalue weighted by Gasteiger charge is 2.13. The van der Waals surface area contributed by atoms with Gasteiger partial charge in [-0.25, -0.2) is 4.79 Å². The number of anilines is 1. The Morgan fingerprint density at radius 1 is 1.26 bits per heavy atom. The molecule has 0 saturated carbocycles. The van der Waals surface area contributed by atoms with E-state index < -0.39 is 0 Å². The normalized spacial score (nSPS) is 13.5. The fraction of sp³-hybridized carbons (Fsp3) is 0.467. The predicted octanol–water partition coefficient (Wildman–Crippen LogP) is 3.45. The van der Waals surface area contributed by atoms with Crippen molar-refractivity contribution in [3.05, 3.63) is 29.8 Å². The van der Waals surface area contributed by atoms with Gasteiger partial charge in [-0.1, -0.05) is 32.4 Å². The second-order valence-corrected chi connectivity index (χ2v) is 4.91. The molecule has 19 heavy (non-hydrogen) atoms. The fourth-order valence-electron chi connectivity index (χ4n) is 1.69. The van der Waals surface area contributed by atoms with Crippen molar-refractivity contribution >= 4 is 17.5 Å². The van der Waals surface area contributed by atoms with Crippen LogP contribution in [0, 0.1) is 5.92 Å². The third-order valence-corrected chi connectivity index (χ3v) is 3.38. The largest absolute Gasteiger partial charge is 0.335 e. The number of nitrogens with one attached hydrogen (secondary N) is 2. The van der Waals surface area contributed by atoms with E-state index in [2.05, 4.69) is 24.5 Å². The van der Waals surface area contributed by atoms with Gasteiger partial charge in [0.1, 0.15) is 0 Å². The molecule has 1 rings (SSSR count). The molecule has 2 N–H and O–H groups in total. The van der Waals surface area contributed by atoms with Crippen molar-refractivity contribution in [2.75, 3.05) is 5.32 Å². The molecular weight excluding hydrogens is 240 g/mol. The number of amides is 2. The van der Waals surface area contributed by atoms with E-state index in [1.807, 2.05) is 6.92 Å². The summed E-state index contributed by atoms with van der Waals surface area (Å²) in [6.07, 6.45) is 1.02. The second-order valence-electron chi connectivity index (χ2n) is 4.91. The molecule has 2 amide bonds. The first-order valence-electron chi connectivity index (χ1n) is 6.62. The fourth-order valence-corrected chi connectivity index (χ4v) is 1.69. The summed E-state index contributed by atoms with van der Waals surface area (Å²) in [7, 11) is 0. The van der Waals surface area contributed by atoms with E-state index in [4.69, 9.17) is 0 Å². The zero-order valence-corrected chi connectivity index (χ0v) is 12.0. The zero-order chi connectivity index (χ0) is 14.4. The van der Waals surface area contributed by atoms with E-state index >= 15 is 0 Å². The van der Waals surface area contributed by atoms with Gasteiger partial charge >= 0.3 is 6.03 Å². The summed E-state index contributed by atoms with van der Waals surface area (Å²) >= 11 is 0. The van der Waals surface area contributed by atoms with Gasteiger partial charge in [-0.15, -0.1) is 0 Å². The molecule has 2 unspecified atom stereocenters. The minimum absolute atomic E-state index is 0.0166. The van der Waals surface area contributed by atoms with Crippen LogP contribution in [0.1, 0.15) is 44.5 Å². The molecule has 0 aliphatic heterocycles. The standard InChI is InChI=1S/C15H22N2O2/c1-5-10(2)11(3)16-15(19)17-14-8-6-7-13(9-14)12(4)18/h6-11H,5H2,1-4H3,(H2,16,17,19). The number of carbonyl (C=O) groups excluding carboxylic acids is 2. The minimum Gasteiger partial charge on any atom is -0.335 e. The molecule has 0 bridgehead atoms. The SMILES string of the molecule is CCC(C)C(C)NC(=O)Nc1cccc(C(C)=O)c1. The Kier molecular flexibility index (Phi) is 5.55. The lowest BCUT2D eigenvalue weighted by atomic mass is 10.0.